The third-order valence-corrected chi connectivity index (χ3v) is 7.03. The summed E-state index contributed by atoms with van der Waals surface area (Å²) in [6.07, 6.45) is 3.09. The first-order chi connectivity index (χ1) is 16.3. The highest BCUT2D eigenvalue weighted by molar-refractivity contribution is 7.98. The molecule has 4 rings (SSSR count). The fourth-order valence-corrected chi connectivity index (χ4v) is 4.89. The molecule has 1 amide bonds. The molecule has 9 heteroatoms. The van der Waals surface area contributed by atoms with Crippen molar-refractivity contribution in [2.75, 3.05) is 17.8 Å². The highest BCUT2D eigenvalue weighted by atomic mass is 32.2. The number of nitrogens with zero attached hydrogens (tertiary/aromatic N) is 2. The van der Waals surface area contributed by atoms with Gasteiger partial charge in [-0.1, -0.05) is 42.5 Å². The molecular weight excluding hydrogens is 468 g/mol. The zero-order valence-electron chi connectivity index (χ0n) is 18.7. The molecule has 0 bridgehead atoms. The molecule has 3 aromatic carbocycles. The molecular formula is C25H24N4O3S2. The van der Waals surface area contributed by atoms with Gasteiger partial charge in [0.05, 0.1) is 10.6 Å². The Kier molecular flexibility index (Phi) is 6.87. The van der Waals surface area contributed by atoms with Crippen LogP contribution in [0.2, 0.25) is 0 Å². The van der Waals surface area contributed by atoms with E-state index >= 15 is 0 Å². The molecule has 3 N–H and O–H groups in total. The van der Waals surface area contributed by atoms with Crippen molar-refractivity contribution in [3.8, 4) is 16.8 Å². The Bertz CT molecular complexity index is 1450. The molecule has 0 saturated carbocycles. The molecule has 174 valence electrons. The van der Waals surface area contributed by atoms with Crippen LogP contribution in [-0.2, 0) is 16.4 Å². The summed E-state index contributed by atoms with van der Waals surface area (Å²) in [6.45, 7) is 0.390. The van der Waals surface area contributed by atoms with Crippen molar-refractivity contribution in [1.29, 1.82) is 0 Å². The van der Waals surface area contributed by atoms with E-state index < -0.39 is 9.84 Å². The minimum Gasteiger partial charge on any atom is -0.326 e. The maximum Gasteiger partial charge on any atom is 0.274 e. The number of benzene rings is 3. The van der Waals surface area contributed by atoms with E-state index in [1.165, 1.54) is 18.0 Å². The Labute approximate surface area is 202 Å². The van der Waals surface area contributed by atoms with E-state index in [1.807, 2.05) is 30.5 Å². The molecule has 0 spiro atoms. The van der Waals surface area contributed by atoms with Gasteiger partial charge in [0.1, 0.15) is 10.7 Å². The van der Waals surface area contributed by atoms with Crippen molar-refractivity contribution < 1.29 is 13.2 Å². The summed E-state index contributed by atoms with van der Waals surface area (Å²) in [5.74, 6) is -0.310. The number of hydrogen-bond donors (Lipinski definition) is 2. The van der Waals surface area contributed by atoms with E-state index in [0.717, 1.165) is 21.8 Å². The normalized spacial score (nSPS) is 11.4. The van der Waals surface area contributed by atoms with Crippen molar-refractivity contribution in [1.82, 2.24) is 9.78 Å². The third kappa shape index (κ3) is 5.06. The van der Waals surface area contributed by atoms with E-state index in [0.29, 0.717) is 23.5 Å². The Balaban J connectivity index is 1.62. The lowest BCUT2D eigenvalue weighted by Crippen LogP contribution is -2.17. The predicted octanol–water partition coefficient (Wildman–Crippen LogP) is 4.38. The van der Waals surface area contributed by atoms with Crippen molar-refractivity contribution in [3.63, 3.8) is 0 Å². The molecule has 7 nitrogen and oxygen atoms in total. The van der Waals surface area contributed by atoms with Crippen LogP contribution in [0.3, 0.4) is 0 Å². The average molecular weight is 493 g/mol. The minimum atomic E-state index is -3.37. The third-order valence-electron chi connectivity index (χ3n) is 5.26. The first kappa shape index (κ1) is 23.7. The number of hydrogen-bond acceptors (Lipinski definition) is 6. The Morgan fingerprint density at radius 1 is 1.03 bits per heavy atom. The first-order valence-corrected chi connectivity index (χ1v) is 13.6. The molecule has 34 heavy (non-hydrogen) atoms. The Hall–Kier alpha value is -3.40. The summed E-state index contributed by atoms with van der Waals surface area (Å²) >= 11 is 1.45. The molecule has 0 saturated heterocycles. The predicted molar refractivity (Wildman–Crippen MR) is 136 cm³/mol. The minimum absolute atomic E-state index is 0.264. The summed E-state index contributed by atoms with van der Waals surface area (Å²) in [5, 5.41) is 8.17. The molecule has 1 aromatic heterocycles. The van der Waals surface area contributed by atoms with Crippen molar-refractivity contribution >= 4 is 33.2 Å². The Morgan fingerprint density at radius 2 is 1.76 bits per heavy atom. The van der Waals surface area contributed by atoms with Gasteiger partial charge in [0, 0.05) is 30.1 Å². The van der Waals surface area contributed by atoms with E-state index in [1.54, 1.807) is 59.3 Å². The number of anilines is 1. The van der Waals surface area contributed by atoms with Crippen LogP contribution in [-0.4, -0.2) is 36.6 Å². The van der Waals surface area contributed by atoms with Gasteiger partial charge in [-0.25, -0.2) is 13.1 Å². The number of carbonyl (C=O) groups excluding carboxylic acids is 1. The van der Waals surface area contributed by atoms with Crippen LogP contribution in [0.15, 0.2) is 88.8 Å². The van der Waals surface area contributed by atoms with E-state index in [9.17, 15) is 13.2 Å². The van der Waals surface area contributed by atoms with Crippen LogP contribution >= 0.6 is 11.8 Å². The van der Waals surface area contributed by atoms with E-state index in [2.05, 4.69) is 10.4 Å². The van der Waals surface area contributed by atoms with Gasteiger partial charge in [0.2, 0.25) is 0 Å². The van der Waals surface area contributed by atoms with Crippen molar-refractivity contribution in [3.05, 3.63) is 90.1 Å². The summed E-state index contributed by atoms with van der Waals surface area (Å²) in [7, 11) is -3.37. The molecule has 0 atom stereocenters. The molecule has 0 aliphatic carbocycles. The number of carbonyl (C=O) groups is 1. The maximum absolute atomic E-state index is 13.1. The summed E-state index contributed by atoms with van der Waals surface area (Å²) in [4.78, 5) is 13.4. The van der Waals surface area contributed by atoms with Gasteiger partial charge in [-0.05, 0) is 47.7 Å². The summed E-state index contributed by atoms with van der Waals surface area (Å²) < 4.78 is 25.9. The fourth-order valence-electron chi connectivity index (χ4n) is 3.59. The van der Waals surface area contributed by atoms with Crippen LogP contribution in [0.25, 0.3) is 16.8 Å². The van der Waals surface area contributed by atoms with Gasteiger partial charge < -0.3 is 11.1 Å². The number of aromatic nitrogens is 2. The standard InChI is InChI=1S/C25H24N4O3S2/c1-33-24-15-22(29(28-24)20-7-5-6-17(14-20)16-26)25(30)27-19-12-10-18(11-13-19)21-8-3-4-9-23(21)34(2,31)32/h3-15H,16,26H2,1-2H3,(H,27,30). The molecule has 1 heterocycles. The highest BCUT2D eigenvalue weighted by Crippen LogP contribution is 2.28. The monoisotopic (exact) mass is 492 g/mol. The van der Waals surface area contributed by atoms with E-state index in [4.69, 9.17) is 5.73 Å². The molecule has 0 fully saturated rings. The molecule has 0 aliphatic heterocycles. The van der Waals surface area contributed by atoms with Crippen LogP contribution < -0.4 is 11.1 Å². The number of rotatable bonds is 7. The summed E-state index contributed by atoms with van der Waals surface area (Å²) in [5.41, 5.74) is 9.80. The second-order valence-corrected chi connectivity index (χ2v) is 10.5. The van der Waals surface area contributed by atoms with E-state index in [-0.39, 0.29) is 10.8 Å². The lowest BCUT2D eigenvalue weighted by Gasteiger charge is -2.11. The van der Waals surface area contributed by atoms with Crippen LogP contribution in [0.4, 0.5) is 5.69 Å². The van der Waals surface area contributed by atoms with Gasteiger partial charge >= 0.3 is 0 Å². The fraction of sp³-hybridized carbons (Fsp3) is 0.120. The number of amides is 1. The molecule has 4 aromatic rings. The lowest BCUT2D eigenvalue weighted by molar-refractivity contribution is 0.101. The highest BCUT2D eigenvalue weighted by Gasteiger charge is 2.18. The van der Waals surface area contributed by atoms with Gasteiger partial charge in [0.25, 0.3) is 5.91 Å². The lowest BCUT2D eigenvalue weighted by atomic mass is 10.1. The zero-order chi connectivity index (χ0) is 24.3. The zero-order valence-corrected chi connectivity index (χ0v) is 20.4. The van der Waals surface area contributed by atoms with Crippen molar-refractivity contribution in [2.24, 2.45) is 5.73 Å². The quantitative estimate of drug-likeness (QED) is 0.371. The SMILES string of the molecule is CSc1cc(C(=O)Nc2ccc(-c3ccccc3S(C)(=O)=O)cc2)n(-c2cccc(CN)c2)n1. The smallest absolute Gasteiger partial charge is 0.274 e. The van der Waals surface area contributed by atoms with Crippen LogP contribution in [0, 0.1) is 0 Å². The van der Waals surface area contributed by atoms with Crippen LogP contribution in [0.1, 0.15) is 16.1 Å². The van der Waals surface area contributed by atoms with Gasteiger partial charge in [-0.3, -0.25) is 4.79 Å². The second-order valence-electron chi connectivity index (χ2n) is 7.66. The Morgan fingerprint density at radius 3 is 2.44 bits per heavy atom. The summed E-state index contributed by atoms with van der Waals surface area (Å²) in [6, 6.07) is 23.2. The van der Waals surface area contributed by atoms with Crippen LogP contribution in [0.5, 0.6) is 0 Å². The van der Waals surface area contributed by atoms with Crippen molar-refractivity contribution in [2.45, 2.75) is 16.5 Å². The van der Waals surface area contributed by atoms with Gasteiger partial charge in [-0.2, -0.15) is 5.10 Å². The largest absolute Gasteiger partial charge is 0.326 e. The number of nitrogens with one attached hydrogen (secondary N) is 1. The average Bonchev–Trinajstić information content (AvgIpc) is 3.29. The number of sulfone groups is 1. The molecule has 0 aliphatic rings. The topological polar surface area (TPSA) is 107 Å². The van der Waals surface area contributed by atoms with Gasteiger partial charge in [-0.15, -0.1) is 11.8 Å². The first-order valence-electron chi connectivity index (χ1n) is 10.4. The van der Waals surface area contributed by atoms with Gasteiger partial charge in [0.15, 0.2) is 9.84 Å². The molecule has 0 radical (unpaired) electrons. The molecule has 0 unspecified atom stereocenters. The number of nitrogens with two attached hydrogens (primary N) is 1. The second kappa shape index (κ2) is 9.84. The number of thioether (sulfide) groups is 1. The maximum atomic E-state index is 13.1.